The minimum atomic E-state index is -0.496. The summed E-state index contributed by atoms with van der Waals surface area (Å²) in [4.78, 5) is 24.7. The summed E-state index contributed by atoms with van der Waals surface area (Å²) < 4.78 is 4.62. The number of methoxy groups -OCH3 is 1. The van der Waals surface area contributed by atoms with Crippen molar-refractivity contribution in [1.82, 2.24) is 0 Å². The molecule has 1 saturated heterocycles. The molecule has 0 bridgehead atoms. The van der Waals surface area contributed by atoms with Gasteiger partial charge >= 0.3 is 5.97 Å². The lowest BCUT2D eigenvalue weighted by molar-refractivity contribution is -0.145. The summed E-state index contributed by atoms with van der Waals surface area (Å²) in [6.07, 6.45) is 0.0861. The maximum atomic E-state index is 11.9. The molecule has 1 amide bonds. The van der Waals surface area contributed by atoms with Crippen LogP contribution >= 0.6 is 23.2 Å². The Labute approximate surface area is 119 Å². The van der Waals surface area contributed by atoms with E-state index in [1.54, 1.807) is 0 Å². The van der Waals surface area contributed by atoms with Gasteiger partial charge in [0.05, 0.1) is 23.1 Å². The van der Waals surface area contributed by atoms with Crippen molar-refractivity contribution in [2.45, 2.75) is 6.42 Å². The van der Waals surface area contributed by atoms with Gasteiger partial charge < -0.3 is 14.7 Å². The van der Waals surface area contributed by atoms with E-state index in [2.05, 4.69) is 4.74 Å². The van der Waals surface area contributed by atoms with Gasteiger partial charge in [-0.1, -0.05) is 23.2 Å². The largest absolute Gasteiger partial charge is 0.505 e. The molecule has 1 aliphatic heterocycles. The van der Waals surface area contributed by atoms with E-state index in [-0.39, 0.29) is 34.7 Å². The fourth-order valence-electron chi connectivity index (χ4n) is 1.99. The maximum absolute atomic E-state index is 11.9. The number of benzene rings is 1. The number of phenols is 1. The third-order valence-corrected chi connectivity index (χ3v) is 3.55. The van der Waals surface area contributed by atoms with E-state index in [0.717, 1.165) is 0 Å². The molecule has 0 saturated carbocycles. The number of carbonyl (C=O) groups is 2. The van der Waals surface area contributed by atoms with Gasteiger partial charge in [-0.2, -0.15) is 0 Å². The Morgan fingerprint density at radius 2 is 2.00 bits per heavy atom. The van der Waals surface area contributed by atoms with Gasteiger partial charge in [-0.25, -0.2) is 0 Å². The van der Waals surface area contributed by atoms with Crippen LogP contribution in [-0.4, -0.2) is 30.6 Å². The number of aromatic hydroxyl groups is 1. The van der Waals surface area contributed by atoms with Gasteiger partial charge in [0.25, 0.3) is 0 Å². The third-order valence-electron chi connectivity index (χ3n) is 2.97. The minimum absolute atomic E-state index is 0.0526. The van der Waals surface area contributed by atoms with Gasteiger partial charge in [0.2, 0.25) is 5.91 Å². The van der Waals surface area contributed by atoms with E-state index in [4.69, 9.17) is 23.2 Å². The number of halogens is 2. The van der Waals surface area contributed by atoms with E-state index in [0.29, 0.717) is 5.69 Å². The molecular weight excluding hydrogens is 293 g/mol. The number of rotatable bonds is 2. The molecule has 1 fully saturated rings. The second kappa shape index (κ2) is 5.27. The van der Waals surface area contributed by atoms with Crippen molar-refractivity contribution in [3.63, 3.8) is 0 Å². The monoisotopic (exact) mass is 303 g/mol. The van der Waals surface area contributed by atoms with E-state index >= 15 is 0 Å². The fourth-order valence-corrected chi connectivity index (χ4v) is 2.47. The number of hydrogen-bond acceptors (Lipinski definition) is 4. The van der Waals surface area contributed by atoms with Gasteiger partial charge in [-0.05, 0) is 12.1 Å². The van der Waals surface area contributed by atoms with E-state index < -0.39 is 11.9 Å². The molecule has 2 rings (SSSR count). The lowest BCUT2D eigenvalue weighted by Gasteiger charge is -2.17. The molecule has 1 unspecified atom stereocenters. The first kappa shape index (κ1) is 14.0. The first-order chi connectivity index (χ1) is 8.93. The lowest BCUT2D eigenvalue weighted by Crippen LogP contribution is -2.26. The van der Waals surface area contributed by atoms with Crippen molar-refractivity contribution in [3.05, 3.63) is 22.2 Å². The Morgan fingerprint density at radius 1 is 1.42 bits per heavy atom. The average molecular weight is 304 g/mol. The maximum Gasteiger partial charge on any atom is 0.311 e. The summed E-state index contributed by atoms with van der Waals surface area (Å²) in [5, 5.41) is 9.58. The molecule has 0 aromatic heterocycles. The van der Waals surface area contributed by atoms with Gasteiger partial charge in [0.1, 0.15) is 0 Å². The first-order valence-corrected chi connectivity index (χ1v) is 6.25. The van der Waals surface area contributed by atoms with Crippen molar-refractivity contribution >= 4 is 40.8 Å². The van der Waals surface area contributed by atoms with Crippen LogP contribution in [0.2, 0.25) is 10.0 Å². The highest BCUT2D eigenvalue weighted by molar-refractivity contribution is 6.37. The van der Waals surface area contributed by atoms with Crippen LogP contribution in [0.4, 0.5) is 5.69 Å². The summed E-state index contributed by atoms with van der Waals surface area (Å²) in [7, 11) is 1.28. The average Bonchev–Trinajstić information content (AvgIpc) is 2.76. The predicted molar refractivity (Wildman–Crippen MR) is 70.6 cm³/mol. The highest BCUT2D eigenvalue weighted by Gasteiger charge is 2.36. The normalized spacial score (nSPS) is 18.8. The van der Waals surface area contributed by atoms with Crippen LogP contribution in [0.3, 0.4) is 0 Å². The van der Waals surface area contributed by atoms with Gasteiger partial charge in [-0.3, -0.25) is 9.59 Å². The Bertz CT molecular complexity index is 524. The van der Waals surface area contributed by atoms with Crippen LogP contribution < -0.4 is 4.90 Å². The number of amides is 1. The lowest BCUT2D eigenvalue weighted by atomic mass is 10.1. The van der Waals surface area contributed by atoms with Gasteiger partial charge in [0, 0.05) is 18.7 Å². The molecule has 102 valence electrons. The first-order valence-electron chi connectivity index (χ1n) is 5.50. The second-order valence-corrected chi connectivity index (χ2v) is 5.00. The molecule has 1 atom stereocenters. The van der Waals surface area contributed by atoms with Crippen molar-refractivity contribution in [2.24, 2.45) is 5.92 Å². The highest BCUT2D eigenvalue weighted by atomic mass is 35.5. The van der Waals surface area contributed by atoms with Crippen LogP contribution in [0.15, 0.2) is 12.1 Å². The zero-order valence-electron chi connectivity index (χ0n) is 10.0. The van der Waals surface area contributed by atoms with Crippen LogP contribution in [-0.2, 0) is 14.3 Å². The molecule has 1 heterocycles. The summed E-state index contributed by atoms with van der Waals surface area (Å²) in [5.74, 6) is -1.37. The smallest absolute Gasteiger partial charge is 0.311 e. The number of carbonyl (C=O) groups excluding carboxylic acids is 2. The van der Waals surface area contributed by atoms with E-state index in [1.165, 1.54) is 24.1 Å². The molecule has 0 aliphatic carbocycles. The quantitative estimate of drug-likeness (QED) is 0.851. The topological polar surface area (TPSA) is 66.8 Å². The number of nitrogens with zero attached hydrogens (tertiary/aromatic N) is 1. The minimum Gasteiger partial charge on any atom is -0.505 e. The zero-order valence-corrected chi connectivity index (χ0v) is 11.5. The summed E-state index contributed by atoms with van der Waals surface area (Å²) in [5.41, 5.74) is 0.448. The molecule has 19 heavy (non-hydrogen) atoms. The molecule has 1 N–H and O–H groups in total. The highest BCUT2D eigenvalue weighted by Crippen LogP contribution is 2.37. The third kappa shape index (κ3) is 2.62. The number of esters is 1. The van der Waals surface area contributed by atoms with Crippen LogP contribution in [0.5, 0.6) is 5.75 Å². The van der Waals surface area contributed by atoms with E-state index in [9.17, 15) is 14.7 Å². The Balaban J connectivity index is 2.28. The van der Waals surface area contributed by atoms with Gasteiger partial charge in [-0.15, -0.1) is 0 Å². The molecule has 1 aromatic rings. The Hall–Kier alpha value is -1.46. The van der Waals surface area contributed by atoms with E-state index in [1.807, 2.05) is 0 Å². The van der Waals surface area contributed by atoms with Crippen molar-refractivity contribution < 1.29 is 19.4 Å². The van der Waals surface area contributed by atoms with Crippen LogP contribution in [0.1, 0.15) is 6.42 Å². The van der Waals surface area contributed by atoms with Crippen LogP contribution in [0.25, 0.3) is 0 Å². The number of phenolic OH excluding ortho intramolecular Hbond substituents is 1. The number of anilines is 1. The van der Waals surface area contributed by atoms with Crippen molar-refractivity contribution in [2.75, 3.05) is 18.6 Å². The fraction of sp³-hybridized carbons (Fsp3) is 0.333. The molecule has 0 radical (unpaired) electrons. The molecule has 0 spiro atoms. The molecule has 1 aromatic carbocycles. The summed E-state index contributed by atoms with van der Waals surface area (Å²) in [6.45, 7) is 0.211. The Kier molecular flexibility index (Phi) is 3.87. The SMILES string of the molecule is COC(=O)C1CC(=O)N(c2cc(Cl)c(O)c(Cl)c2)C1. The number of ether oxygens (including phenoxy) is 1. The Morgan fingerprint density at radius 3 is 2.53 bits per heavy atom. The number of hydrogen-bond donors (Lipinski definition) is 1. The summed E-state index contributed by atoms with van der Waals surface area (Å²) in [6, 6.07) is 2.86. The molecule has 1 aliphatic rings. The van der Waals surface area contributed by atoms with Crippen LogP contribution in [0, 0.1) is 5.92 Å². The van der Waals surface area contributed by atoms with Gasteiger partial charge in [0.15, 0.2) is 5.75 Å². The van der Waals surface area contributed by atoms with Crippen molar-refractivity contribution in [1.29, 1.82) is 0 Å². The molecule has 7 heteroatoms. The summed E-state index contributed by atoms with van der Waals surface area (Å²) >= 11 is 11.6. The standard InChI is InChI=1S/C12H11Cl2NO4/c1-19-12(18)6-2-10(16)15(5-6)7-3-8(13)11(17)9(14)4-7/h3-4,6,17H,2,5H2,1H3. The molecule has 5 nitrogen and oxygen atoms in total. The zero-order chi connectivity index (χ0) is 14.2. The molecular formula is C12H11Cl2NO4. The predicted octanol–water partition coefficient (Wildman–Crippen LogP) is 2.22. The second-order valence-electron chi connectivity index (χ2n) is 4.19. The van der Waals surface area contributed by atoms with Crippen molar-refractivity contribution in [3.8, 4) is 5.75 Å².